The van der Waals surface area contributed by atoms with Gasteiger partial charge in [0, 0.05) is 12.3 Å². The van der Waals surface area contributed by atoms with Gasteiger partial charge in [-0.3, -0.25) is 0 Å². The number of para-hydroxylation sites is 2. The number of fused-ring (bicyclic) bond motifs is 1. The Bertz CT molecular complexity index is 630. The largest absolute Gasteiger partial charge is 0.468 e. The minimum atomic E-state index is 0.237. The maximum Gasteiger partial charge on any atom is 0.166 e. The molecule has 0 fully saturated rings. The summed E-state index contributed by atoms with van der Waals surface area (Å²) in [7, 11) is 0. The van der Waals surface area contributed by atoms with Crippen LogP contribution in [0.1, 0.15) is 18.7 Å². The summed E-state index contributed by atoms with van der Waals surface area (Å²) in [5.41, 5.74) is 2.11. The highest BCUT2D eigenvalue weighted by atomic mass is 32.2. The molecule has 0 aliphatic heterocycles. The second-order valence-electron chi connectivity index (χ2n) is 4.60. The molecule has 2 N–H and O–H groups in total. The first kappa shape index (κ1) is 13.3. The number of benzene rings is 1. The Balaban J connectivity index is 1.48. The molecule has 104 valence electrons. The maximum atomic E-state index is 5.36. The highest BCUT2D eigenvalue weighted by molar-refractivity contribution is 7.99. The fourth-order valence-electron chi connectivity index (χ4n) is 2.06. The lowest BCUT2D eigenvalue weighted by atomic mass is 10.2. The van der Waals surface area contributed by atoms with E-state index >= 15 is 0 Å². The third-order valence-corrected chi connectivity index (χ3v) is 4.00. The van der Waals surface area contributed by atoms with Crippen molar-refractivity contribution in [2.24, 2.45) is 0 Å². The second kappa shape index (κ2) is 6.15. The minimum Gasteiger partial charge on any atom is -0.468 e. The Labute approximate surface area is 122 Å². The van der Waals surface area contributed by atoms with Gasteiger partial charge in [0.2, 0.25) is 0 Å². The predicted octanol–water partition coefficient (Wildman–Crippen LogP) is 3.60. The van der Waals surface area contributed by atoms with Gasteiger partial charge in [-0.05, 0) is 31.2 Å². The normalized spacial score (nSPS) is 12.8. The molecule has 1 unspecified atom stereocenters. The molecule has 4 nitrogen and oxygen atoms in total. The molecule has 0 amide bonds. The number of furan rings is 1. The molecule has 0 spiro atoms. The molecule has 20 heavy (non-hydrogen) atoms. The lowest BCUT2D eigenvalue weighted by Gasteiger charge is -2.10. The Kier molecular flexibility index (Phi) is 4.08. The molecular formula is C15H17N3OS. The molecule has 3 aromatic rings. The van der Waals surface area contributed by atoms with Gasteiger partial charge in [-0.1, -0.05) is 23.9 Å². The van der Waals surface area contributed by atoms with Gasteiger partial charge < -0.3 is 14.7 Å². The minimum absolute atomic E-state index is 0.237. The Morgan fingerprint density at radius 3 is 3.00 bits per heavy atom. The van der Waals surface area contributed by atoms with Gasteiger partial charge >= 0.3 is 0 Å². The first-order valence-electron chi connectivity index (χ1n) is 6.67. The number of imidazole rings is 1. The van der Waals surface area contributed by atoms with Crippen LogP contribution in [0.2, 0.25) is 0 Å². The summed E-state index contributed by atoms with van der Waals surface area (Å²) in [6, 6.07) is 12.2. The van der Waals surface area contributed by atoms with Gasteiger partial charge in [-0.15, -0.1) is 0 Å². The van der Waals surface area contributed by atoms with Crippen LogP contribution < -0.4 is 5.32 Å². The van der Waals surface area contributed by atoms with Crippen molar-refractivity contribution in [3.05, 3.63) is 48.4 Å². The smallest absolute Gasteiger partial charge is 0.166 e. The zero-order valence-corrected chi connectivity index (χ0v) is 12.1. The van der Waals surface area contributed by atoms with Gasteiger partial charge in [0.15, 0.2) is 5.16 Å². The van der Waals surface area contributed by atoms with E-state index in [9.17, 15) is 0 Å². The highest BCUT2D eigenvalue weighted by Crippen LogP contribution is 2.19. The Hall–Kier alpha value is -1.72. The van der Waals surface area contributed by atoms with Gasteiger partial charge in [-0.2, -0.15) is 0 Å². The number of rotatable bonds is 6. The van der Waals surface area contributed by atoms with Crippen molar-refractivity contribution >= 4 is 22.8 Å². The first-order chi connectivity index (χ1) is 9.83. The highest BCUT2D eigenvalue weighted by Gasteiger charge is 2.07. The molecule has 2 heterocycles. The molecule has 0 aliphatic rings. The van der Waals surface area contributed by atoms with E-state index in [1.165, 1.54) is 0 Å². The van der Waals surface area contributed by atoms with Crippen LogP contribution in [0.25, 0.3) is 11.0 Å². The molecule has 0 aliphatic carbocycles. The lowest BCUT2D eigenvalue weighted by molar-refractivity contribution is 0.438. The fourth-order valence-corrected chi connectivity index (χ4v) is 2.82. The summed E-state index contributed by atoms with van der Waals surface area (Å²) in [5, 5.41) is 4.40. The van der Waals surface area contributed by atoms with E-state index < -0.39 is 0 Å². The number of aromatic nitrogens is 2. The lowest BCUT2D eigenvalue weighted by Crippen LogP contribution is -2.20. The van der Waals surface area contributed by atoms with E-state index in [0.717, 1.165) is 34.2 Å². The molecule has 5 heteroatoms. The monoisotopic (exact) mass is 287 g/mol. The number of hydrogen-bond acceptors (Lipinski definition) is 4. The number of nitrogens with one attached hydrogen (secondary N) is 2. The van der Waals surface area contributed by atoms with Crippen molar-refractivity contribution in [2.75, 3.05) is 12.3 Å². The predicted molar refractivity (Wildman–Crippen MR) is 81.9 cm³/mol. The van der Waals surface area contributed by atoms with Crippen molar-refractivity contribution in [2.45, 2.75) is 18.1 Å². The molecule has 0 saturated carbocycles. The number of aromatic amines is 1. The van der Waals surface area contributed by atoms with Crippen LogP contribution in [0, 0.1) is 0 Å². The quantitative estimate of drug-likeness (QED) is 0.537. The molecule has 1 atom stereocenters. The topological polar surface area (TPSA) is 53.9 Å². The zero-order valence-electron chi connectivity index (χ0n) is 11.3. The average molecular weight is 287 g/mol. The van der Waals surface area contributed by atoms with Crippen molar-refractivity contribution < 1.29 is 4.42 Å². The van der Waals surface area contributed by atoms with E-state index in [1.807, 2.05) is 36.4 Å². The van der Waals surface area contributed by atoms with Crippen molar-refractivity contribution in [1.82, 2.24) is 15.3 Å². The number of thioether (sulfide) groups is 1. The van der Waals surface area contributed by atoms with Gasteiger partial charge in [0.05, 0.1) is 23.3 Å². The molecule has 3 rings (SSSR count). The molecule has 1 aromatic carbocycles. The van der Waals surface area contributed by atoms with Gasteiger partial charge in [-0.25, -0.2) is 4.98 Å². The van der Waals surface area contributed by atoms with E-state index in [2.05, 4.69) is 22.2 Å². The molecule has 2 aromatic heterocycles. The third kappa shape index (κ3) is 3.05. The summed E-state index contributed by atoms with van der Waals surface area (Å²) in [5.74, 6) is 1.93. The number of nitrogens with zero attached hydrogens (tertiary/aromatic N) is 1. The molecular weight excluding hydrogens is 270 g/mol. The van der Waals surface area contributed by atoms with Crippen LogP contribution >= 0.6 is 11.8 Å². The van der Waals surface area contributed by atoms with Crippen molar-refractivity contribution in [3.8, 4) is 0 Å². The first-order valence-corrected chi connectivity index (χ1v) is 7.66. The number of hydrogen-bond donors (Lipinski definition) is 2. The SMILES string of the molecule is CC(NCCSc1nc2ccccc2[nH]1)c1ccco1. The summed E-state index contributed by atoms with van der Waals surface area (Å²) in [6.07, 6.45) is 1.71. The number of H-pyrrole nitrogens is 1. The Morgan fingerprint density at radius 1 is 1.30 bits per heavy atom. The second-order valence-corrected chi connectivity index (χ2v) is 5.68. The van der Waals surface area contributed by atoms with Crippen LogP contribution in [0.15, 0.2) is 52.2 Å². The van der Waals surface area contributed by atoms with Crippen LogP contribution in [0.5, 0.6) is 0 Å². The average Bonchev–Trinajstić information content (AvgIpc) is 3.11. The summed E-state index contributed by atoms with van der Waals surface area (Å²) >= 11 is 1.73. The summed E-state index contributed by atoms with van der Waals surface area (Å²) < 4.78 is 5.36. The van der Waals surface area contributed by atoms with Gasteiger partial charge in [0.1, 0.15) is 5.76 Å². The van der Waals surface area contributed by atoms with E-state index in [4.69, 9.17) is 4.42 Å². The standard InChI is InChI=1S/C15H17N3OS/c1-11(14-7-4-9-19-14)16-8-10-20-15-17-12-5-2-3-6-13(12)18-15/h2-7,9,11,16H,8,10H2,1H3,(H,17,18). The summed E-state index contributed by atoms with van der Waals surface area (Å²) in [4.78, 5) is 7.86. The van der Waals surface area contributed by atoms with Crippen molar-refractivity contribution in [1.29, 1.82) is 0 Å². The summed E-state index contributed by atoms with van der Waals surface area (Å²) in [6.45, 7) is 3.01. The van der Waals surface area contributed by atoms with Crippen molar-refractivity contribution in [3.63, 3.8) is 0 Å². The van der Waals surface area contributed by atoms with Crippen LogP contribution in [-0.4, -0.2) is 22.3 Å². The van der Waals surface area contributed by atoms with Crippen LogP contribution in [0.4, 0.5) is 0 Å². The van der Waals surface area contributed by atoms with Crippen LogP contribution in [-0.2, 0) is 0 Å². The van der Waals surface area contributed by atoms with E-state index in [-0.39, 0.29) is 6.04 Å². The van der Waals surface area contributed by atoms with Gasteiger partial charge in [0.25, 0.3) is 0 Å². The maximum absolute atomic E-state index is 5.36. The Morgan fingerprint density at radius 2 is 2.20 bits per heavy atom. The fraction of sp³-hybridized carbons (Fsp3) is 0.267. The van der Waals surface area contributed by atoms with E-state index in [0.29, 0.717) is 0 Å². The molecule has 0 saturated heterocycles. The molecule has 0 bridgehead atoms. The van der Waals surface area contributed by atoms with E-state index in [1.54, 1.807) is 18.0 Å². The third-order valence-electron chi connectivity index (χ3n) is 3.13. The van der Waals surface area contributed by atoms with Crippen LogP contribution in [0.3, 0.4) is 0 Å². The zero-order chi connectivity index (χ0) is 13.8. The molecule has 0 radical (unpaired) electrons.